The second kappa shape index (κ2) is 7.02. The molecule has 2 aliphatic heterocycles. The molecule has 1 aromatic carbocycles. The number of aryl methyl sites for hydroxylation is 1. The van der Waals surface area contributed by atoms with Crippen molar-refractivity contribution in [1.82, 2.24) is 25.1 Å². The first-order valence-electron chi connectivity index (χ1n) is 9.33. The van der Waals surface area contributed by atoms with E-state index in [1.165, 1.54) is 0 Å². The highest BCUT2D eigenvalue weighted by Gasteiger charge is 2.33. The van der Waals surface area contributed by atoms with Crippen LogP contribution in [0.2, 0.25) is 0 Å². The first-order valence-corrected chi connectivity index (χ1v) is 9.33. The second-order valence-electron chi connectivity index (χ2n) is 7.23. The molecule has 142 valence electrons. The van der Waals surface area contributed by atoms with E-state index in [0.29, 0.717) is 25.4 Å². The molecule has 3 heterocycles. The number of benzene rings is 1. The highest BCUT2D eigenvalue weighted by atomic mass is 16.2. The van der Waals surface area contributed by atoms with E-state index in [-0.39, 0.29) is 18.2 Å². The average Bonchev–Trinajstić information content (AvgIpc) is 2.91. The molecular formula is C19H23N5O3. The van der Waals surface area contributed by atoms with Gasteiger partial charge in [-0.05, 0) is 31.4 Å². The van der Waals surface area contributed by atoms with Crippen molar-refractivity contribution in [3.8, 4) is 0 Å². The Bertz CT molecular complexity index is 898. The number of nitrogens with one attached hydrogen (secondary N) is 2. The Labute approximate surface area is 156 Å². The third-order valence-electron chi connectivity index (χ3n) is 5.51. The van der Waals surface area contributed by atoms with Gasteiger partial charge >= 0.3 is 6.03 Å². The molecule has 8 heteroatoms. The van der Waals surface area contributed by atoms with Crippen LogP contribution < -0.4 is 10.6 Å². The molecule has 2 saturated heterocycles. The van der Waals surface area contributed by atoms with Gasteiger partial charge in [-0.2, -0.15) is 0 Å². The van der Waals surface area contributed by atoms with E-state index in [9.17, 15) is 14.4 Å². The number of imidazole rings is 1. The lowest BCUT2D eigenvalue weighted by Gasteiger charge is -2.33. The number of para-hydroxylation sites is 2. The summed E-state index contributed by atoms with van der Waals surface area (Å²) in [5.41, 5.74) is 2.11. The smallest absolute Gasteiger partial charge is 0.322 e. The Hall–Kier alpha value is -2.90. The highest BCUT2D eigenvalue weighted by molar-refractivity contribution is 5.98. The minimum Gasteiger partial charge on any atom is -0.341 e. The van der Waals surface area contributed by atoms with Crippen molar-refractivity contribution in [3.05, 3.63) is 30.1 Å². The molecule has 8 nitrogen and oxygen atoms in total. The highest BCUT2D eigenvalue weighted by Crippen LogP contribution is 2.30. The molecule has 2 aliphatic rings. The summed E-state index contributed by atoms with van der Waals surface area (Å²) in [5, 5.41) is 4.80. The fourth-order valence-electron chi connectivity index (χ4n) is 4.02. The number of hydrogen-bond donors (Lipinski definition) is 2. The topological polar surface area (TPSA) is 96.3 Å². The van der Waals surface area contributed by atoms with Gasteiger partial charge in [-0.15, -0.1) is 0 Å². The van der Waals surface area contributed by atoms with Crippen molar-refractivity contribution >= 4 is 28.9 Å². The summed E-state index contributed by atoms with van der Waals surface area (Å²) >= 11 is 0. The second-order valence-corrected chi connectivity index (χ2v) is 7.23. The fourth-order valence-corrected chi connectivity index (χ4v) is 4.02. The van der Waals surface area contributed by atoms with Crippen molar-refractivity contribution in [3.63, 3.8) is 0 Å². The minimum absolute atomic E-state index is 0.108. The van der Waals surface area contributed by atoms with Gasteiger partial charge in [-0.3, -0.25) is 14.9 Å². The maximum Gasteiger partial charge on any atom is 0.322 e. The van der Waals surface area contributed by atoms with E-state index in [1.807, 2.05) is 25.2 Å². The van der Waals surface area contributed by atoms with Crippen LogP contribution in [0.1, 0.15) is 37.4 Å². The summed E-state index contributed by atoms with van der Waals surface area (Å²) < 4.78 is 2.14. The number of aromatic nitrogens is 2. The van der Waals surface area contributed by atoms with Gasteiger partial charge in [0.25, 0.3) is 0 Å². The molecule has 0 unspecified atom stereocenters. The predicted octanol–water partition coefficient (Wildman–Crippen LogP) is 1.27. The number of piperidine rings is 1. The molecule has 2 N–H and O–H groups in total. The van der Waals surface area contributed by atoms with Gasteiger partial charge in [0.2, 0.25) is 11.8 Å². The van der Waals surface area contributed by atoms with Crippen LogP contribution in [0, 0.1) is 0 Å². The summed E-state index contributed by atoms with van der Waals surface area (Å²) in [6.07, 6.45) is 2.17. The summed E-state index contributed by atoms with van der Waals surface area (Å²) in [7, 11) is 2.03. The van der Waals surface area contributed by atoms with Crippen LogP contribution >= 0.6 is 0 Å². The fraction of sp³-hybridized carbons (Fsp3) is 0.474. The third-order valence-corrected chi connectivity index (χ3v) is 5.51. The van der Waals surface area contributed by atoms with Crippen LogP contribution in [-0.2, 0) is 16.6 Å². The van der Waals surface area contributed by atoms with Crippen LogP contribution in [0.25, 0.3) is 11.0 Å². The molecule has 4 amide bonds. The minimum atomic E-state index is -0.635. The zero-order chi connectivity index (χ0) is 19.0. The molecule has 1 aromatic heterocycles. The van der Waals surface area contributed by atoms with Crippen molar-refractivity contribution in [2.24, 2.45) is 7.05 Å². The van der Waals surface area contributed by atoms with Crippen molar-refractivity contribution < 1.29 is 14.4 Å². The normalized spacial score (nSPS) is 21.7. The van der Waals surface area contributed by atoms with Gasteiger partial charge in [0.05, 0.1) is 11.0 Å². The van der Waals surface area contributed by atoms with Crippen LogP contribution in [0.5, 0.6) is 0 Å². The third kappa shape index (κ3) is 3.39. The lowest BCUT2D eigenvalue weighted by molar-refractivity contribution is -0.134. The van der Waals surface area contributed by atoms with Crippen molar-refractivity contribution in [2.75, 3.05) is 13.1 Å². The molecule has 4 rings (SSSR count). The van der Waals surface area contributed by atoms with E-state index in [0.717, 1.165) is 29.7 Å². The van der Waals surface area contributed by atoms with Crippen LogP contribution in [0.4, 0.5) is 4.79 Å². The summed E-state index contributed by atoms with van der Waals surface area (Å²) in [6, 6.07) is 6.85. The lowest BCUT2D eigenvalue weighted by Crippen LogP contribution is -2.51. The number of carbonyl (C=O) groups is 3. The molecule has 0 radical (unpaired) electrons. The van der Waals surface area contributed by atoms with Crippen molar-refractivity contribution in [2.45, 2.75) is 37.6 Å². The van der Waals surface area contributed by atoms with E-state index in [2.05, 4.69) is 21.3 Å². The average molecular weight is 369 g/mol. The van der Waals surface area contributed by atoms with Gasteiger partial charge in [0.15, 0.2) is 0 Å². The van der Waals surface area contributed by atoms with E-state index in [1.54, 1.807) is 4.90 Å². The number of hydrogen-bond acceptors (Lipinski definition) is 4. The van der Waals surface area contributed by atoms with Crippen molar-refractivity contribution in [1.29, 1.82) is 0 Å². The standard InChI is InChI=1S/C19H23N5O3/c1-23-15-5-3-2-4-13(15)20-17(23)12-8-10-24(11-9-12)18(26)14-6-7-16(25)22-19(27)21-14/h2-5,12,14H,6-11H2,1H3,(H2,21,22,25,27)/t14-/m1/s1. The lowest BCUT2D eigenvalue weighted by atomic mass is 9.95. The van der Waals surface area contributed by atoms with Gasteiger partial charge in [-0.25, -0.2) is 9.78 Å². The molecule has 1 atom stereocenters. The molecule has 0 saturated carbocycles. The van der Waals surface area contributed by atoms with Gasteiger partial charge in [0.1, 0.15) is 11.9 Å². The number of imide groups is 1. The first kappa shape index (κ1) is 17.5. The Morgan fingerprint density at radius 2 is 1.89 bits per heavy atom. The number of nitrogens with zero attached hydrogens (tertiary/aromatic N) is 3. The summed E-state index contributed by atoms with van der Waals surface area (Å²) in [6.45, 7) is 1.25. The maximum absolute atomic E-state index is 12.8. The molecule has 0 spiro atoms. The Balaban J connectivity index is 1.42. The number of likely N-dealkylation sites (tertiary alicyclic amines) is 1. The Morgan fingerprint density at radius 1 is 1.15 bits per heavy atom. The van der Waals surface area contributed by atoms with Gasteiger partial charge < -0.3 is 14.8 Å². The molecular weight excluding hydrogens is 346 g/mol. The van der Waals surface area contributed by atoms with Crippen LogP contribution in [-0.4, -0.2) is 51.4 Å². The van der Waals surface area contributed by atoms with E-state index in [4.69, 9.17) is 4.98 Å². The predicted molar refractivity (Wildman–Crippen MR) is 99.0 cm³/mol. The quantitative estimate of drug-likeness (QED) is 0.833. The first-order chi connectivity index (χ1) is 13.0. The molecule has 0 bridgehead atoms. The number of fused-ring (bicyclic) bond motifs is 1. The van der Waals surface area contributed by atoms with Gasteiger partial charge in [-0.1, -0.05) is 12.1 Å². The Morgan fingerprint density at radius 3 is 2.63 bits per heavy atom. The summed E-state index contributed by atoms with van der Waals surface area (Å²) in [5.74, 6) is 0.908. The van der Waals surface area contributed by atoms with Crippen LogP contribution in [0.15, 0.2) is 24.3 Å². The molecule has 2 fully saturated rings. The molecule has 27 heavy (non-hydrogen) atoms. The molecule has 0 aliphatic carbocycles. The number of rotatable bonds is 2. The van der Waals surface area contributed by atoms with Crippen LogP contribution in [0.3, 0.4) is 0 Å². The zero-order valence-corrected chi connectivity index (χ0v) is 15.3. The van der Waals surface area contributed by atoms with E-state index < -0.39 is 12.1 Å². The number of amides is 4. The zero-order valence-electron chi connectivity index (χ0n) is 15.3. The monoisotopic (exact) mass is 369 g/mol. The number of carbonyl (C=O) groups excluding carboxylic acids is 3. The number of urea groups is 1. The van der Waals surface area contributed by atoms with E-state index >= 15 is 0 Å². The van der Waals surface area contributed by atoms with Gasteiger partial charge in [0, 0.05) is 32.5 Å². The Kier molecular flexibility index (Phi) is 4.55. The molecule has 2 aromatic rings. The largest absolute Gasteiger partial charge is 0.341 e. The SMILES string of the molecule is Cn1c(C2CCN(C(=O)[C@H]3CCC(=O)NC(=O)N3)CC2)nc2ccccc21. The maximum atomic E-state index is 12.8. The summed E-state index contributed by atoms with van der Waals surface area (Å²) in [4.78, 5) is 42.4.